The second kappa shape index (κ2) is 10.8. The van der Waals surface area contributed by atoms with Gasteiger partial charge in [-0.05, 0) is 55.2 Å². The molecule has 178 valence electrons. The minimum atomic E-state index is -0.0232. The number of aromatic nitrogens is 1. The molecule has 0 radical (unpaired) electrons. The van der Waals surface area contributed by atoms with Gasteiger partial charge >= 0.3 is 0 Å². The highest BCUT2D eigenvalue weighted by Crippen LogP contribution is 2.26. The van der Waals surface area contributed by atoms with Crippen molar-refractivity contribution in [1.82, 2.24) is 15.2 Å². The zero-order valence-electron chi connectivity index (χ0n) is 19.3. The molecule has 1 aliphatic rings. The van der Waals surface area contributed by atoms with E-state index in [1.807, 2.05) is 41.3 Å². The molecule has 2 atom stereocenters. The predicted molar refractivity (Wildman–Crippen MR) is 143 cm³/mol. The molecule has 0 aliphatic carbocycles. The summed E-state index contributed by atoms with van der Waals surface area (Å²) in [5, 5.41) is 5.78. The van der Waals surface area contributed by atoms with Crippen molar-refractivity contribution < 1.29 is 4.79 Å². The second-order valence-electron chi connectivity index (χ2n) is 9.10. The fraction of sp³-hybridized carbons (Fsp3) is 0.241. The quantitative estimate of drug-likeness (QED) is 0.324. The maximum absolute atomic E-state index is 13.5. The number of likely N-dealkylation sites (tertiary alicyclic amines) is 1. The van der Waals surface area contributed by atoms with E-state index in [0.717, 1.165) is 35.9 Å². The summed E-state index contributed by atoms with van der Waals surface area (Å²) in [6, 6.07) is 28.1. The van der Waals surface area contributed by atoms with Crippen molar-refractivity contribution in [2.75, 3.05) is 6.54 Å². The Kier molecular flexibility index (Phi) is 7.33. The molecule has 6 heteroatoms. The van der Waals surface area contributed by atoms with Crippen molar-refractivity contribution in [2.45, 2.75) is 37.9 Å². The van der Waals surface area contributed by atoms with Crippen LogP contribution in [0.1, 0.15) is 34.5 Å². The van der Waals surface area contributed by atoms with Gasteiger partial charge in [-0.2, -0.15) is 0 Å². The average Bonchev–Trinajstić information content (AvgIpc) is 2.87. The molecular weight excluding hydrogens is 477 g/mol. The van der Waals surface area contributed by atoms with Gasteiger partial charge in [0.2, 0.25) is 0 Å². The number of fused-ring (bicyclic) bond motifs is 1. The van der Waals surface area contributed by atoms with E-state index in [0.29, 0.717) is 34.7 Å². The first-order valence-corrected chi connectivity index (χ1v) is 12.7. The van der Waals surface area contributed by atoms with Gasteiger partial charge in [0, 0.05) is 46.2 Å². The van der Waals surface area contributed by atoms with Crippen molar-refractivity contribution in [3.63, 3.8) is 0 Å². The molecule has 1 fully saturated rings. The van der Waals surface area contributed by atoms with Gasteiger partial charge in [0.1, 0.15) is 0 Å². The van der Waals surface area contributed by atoms with Crippen molar-refractivity contribution in [2.24, 2.45) is 0 Å². The standard InChI is InChI=1S/C29H27Cl2N3O/c30-23-15-22(16-24(31)17-23)29(35)34-13-12-25(18-27(34)14-20-6-2-1-3-7-20)32-19-26-11-10-21-8-4-5-9-28(21)33-26/h1-11,15-17,25,27,32H,12-14,18-19H2/t25-,27+/m0/s1. The van der Waals surface area contributed by atoms with Gasteiger partial charge in [-0.25, -0.2) is 0 Å². The summed E-state index contributed by atoms with van der Waals surface area (Å²) in [6.45, 7) is 1.37. The molecule has 2 heterocycles. The van der Waals surface area contributed by atoms with Crippen molar-refractivity contribution in [3.8, 4) is 0 Å². The molecule has 5 rings (SSSR count). The lowest BCUT2D eigenvalue weighted by Gasteiger charge is -2.40. The number of benzene rings is 3. The minimum absolute atomic E-state index is 0.0232. The first-order valence-electron chi connectivity index (χ1n) is 11.9. The van der Waals surface area contributed by atoms with Crippen LogP contribution >= 0.6 is 23.2 Å². The van der Waals surface area contributed by atoms with Crippen molar-refractivity contribution >= 4 is 40.0 Å². The maximum Gasteiger partial charge on any atom is 0.254 e. The minimum Gasteiger partial charge on any atom is -0.335 e. The normalized spacial score (nSPS) is 18.1. The van der Waals surface area contributed by atoms with Crippen LogP contribution in [0, 0.1) is 0 Å². The van der Waals surface area contributed by atoms with Gasteiger partial charge in [-0.1, -0.05) is 77.8 Å². The van der Waals surface area contributed by atoms with Crippen LogP contribution in [-0.2, 0) is 13.0 Å². The van der Waals surface area contributed by atoms with E-state index in [4.69, 9.17) is 28.2 Å². The number of carbonyl (C=O) groups excluding carboxylic acids is 1. The molecular formula is C29H27Cl2N3O. The molecule has 1 N–H and O–H groups in total. The smallest absolute Gasteiger partial charge is 0.254 e. The number of para-hydroxylation sites is 1. The van der Waals surface area contributed by atoms with Crippen LogP contribution in [0.15, 0.2) is 84.9 Å². The summed E-state index contributed by atoms with van der Waals surface area (Å²) in [6.07, 6.45) is 2.54. The van der Waals surface area contributed by atoms with Gasteiger partial charge < -0.3 is 10.2 Å². The topological polar surface area (TPSA) is 45.2 Å². The summed E-state index contributed by atoms with van der Waals surface area (Å²) >= 11 is 12.4. The number of pyridine rings is 1. The number of nitrogens with zero attached hydrogens (tertiary/aromatic N) is 2. The van der Waals surface area contributed by atoms with Crippen LogP contribution in [-0.4, -0.2) is 34.4 Å². The fourth-order valence-corrected chi connectivity index (χ4v) is 5.41. The fourth-order valence-electron chi connectivity index (χ4n) is 4.88. The van der Waals surface area contributed by atoms with Crippen LogP contribution in [0.3, 0.4) is 0 Å². The largest absolute Gasteiger partial charge is 0.335 e. The van der Waals surface area contributed by atoms with Gasteiger partial charge in [0.15, 0.2) is 0 Å². The Labute approximate surface area is 215 Å². The number of amides is 1. The monoisotopic (exact) mass is 503 g/mol. The second-order valence-corrected chi connectivity index (χ2v) is 9.97. The predicted octanol–water partition coefficient (Wildman–Crippen LogP) is 6.55. The molecule has 0 spiro atoms. The van der Waals surface area contributed by atoms with E-state index >= 15 is 0 Å². The highest BCUT2D eigenvalue weighted by Gasteiger charge is 2.32. The molecule has 3 aromatic carbocycles. The third kappa shape index (κ3) is 5.84. The summed E-state index contributed by atoms with van der Waals surface area (Å²) in [5.41, 5.74) is 3.79. The van der Waals surface area contributed by atoms with Gasteiger partial charge in [0.05, 0.1) is 11.2 Å². The zero-order chi connectivity index (χ0) is 24.2. The molecule has 1 saturated heterocycles. The molecule has 4 aromatic rings. The first kappa shape index (κ1) is 23.8. The SMILES string of the molecule is O=C(c1cc(Cl)cc(Cl)c1)N1CC[C@H](NCc2ccc3ccccc3n2)C[C@H]1Cc1ccccc1. The Morgan fingerprint density at radius 1 is 0.943 bits per heavy atom. The van der Waals surface area contributed by atoms with Crippen LogP contribution in [0.4, 0.5) is 0 Å². The van der Waals surface area contributed by atoms with E-state index in [-0.39, 0.29) is 11.9 Å². The van der Waals surface area contributed by atoms with Crippen LogP contribution in [0.25, 0.3) is 10.9 Å². The zero-order valence-corrected chi connectivity index (χ0v) is 20.8. The number of hydrogen-bond donors (Lipinski definition) is 1. The van der Waals surface area contributed by atoms with Crippen molar-refractivity contribution in [1.29, 1.82) is 0 Å². The Hall–Kier alpha value is -2.92. The van der Waals surface area contributed by atoms with E-state index < -0.39 is 0 Å². The lowest BCUT2D eigenvalue weighted by atomic mass is 9.91. The Bertz CT molecular complexity index is 1310. The lowest BCUT2D eigenvalue weighted by molar-refractivity contribution is 0.0576. The number of carbonyl (C=O) groups is 1. The number of halogens is 2. The molecule has 1 aromatic heterocycles. The van der Waals surface area contributed by atoms with Crippen LogP contribution < -0.4 is 5.32 Å². The summed E-state index contributed by atoms with van der Waals surface area (Å²) in [5.74, 6) is -0.0232. The molecule has 1 aliphatic heterocycles. The van der Waals surface area contributed by atoms with E-state index in [9.17, 15) is 4.79 Å². The number of rotatable bonds is 6. The highest BCUT2D eigenvalue weighted by molar-refractivity contribution is 6.35. The summed E-state index contributed by atoms with van der Waals surface area (Å²) in [4.78, 5) is 20.3. The molecule has 0 saturated carbocycles. The third-order valence-corrected chi connectivity index (χ3v) is 7.06. The molecule has 4 nitrogen and oxygen atoms in total. The van der Waals surface area contributed by atoms with E-state index in [1.54, 1.807) is 18.2 Å². The Morgan fingerprint density at radius 3 is 2.49 bits per heavy atom. The Morgan fingerprint density at radius 2 is 1.69 bits per heavy atom. The number of piperidine rings is 1. The average molecular weight is 504 g/mol. The highest BCUT2D eigenvalue weighted by atomic mass is 35.5. The van der Waals surface area contributed by atoms with Gasteiger partial charge in [-0.3, -0.25) is 9.78 Å². The summed E-state index contributed by atoms with van der Waals surface area (Å²) in [7, 11) is 0. The van der Waals surface area contributed by atoms with Crippen LogP contribution in [0.5, 0.6) is 0 Å². The van der Waals surface area contributed by atoms with Gasteiger partial charge in [0.25, 0.3) is 5.91 Å². The van der Waals surface area contributed by atoms with Crippen molar-refractivity contribution in [3.05, 3.63) is 112 Å². The Balaban J connectivity index is 1.31. The van der Waals surface area contributed by atoms with E-state index in [2.05, 4.69) is 35.6 Å². The molecule has 0 bridgehead atoms. The molecule has 1 amide bonds. The summed E-state index contributed by atoms with van der Waals surface area (Å²) < 4.78 is 0. The lowest BCUT2D eigenvalue weighted by Crippen LogP contribution is -2.51. The first-order chi connectivity index (χ1) is 17.0. The molecule has 35 heavy (non-hydrogen) atoms. The number of hydrogen-bond acceptors (Lipinski definition) is 3. The third-order valence-electron chi connectivity index (χ3n) is 6.63. The van der Waals surface area contributed by atoms with Crippen LogP contribution in [0.2, 0.25) is 10.0 Å². The number of nitrogens with one attached hydrogen (secondary N) is 1. The maximum atomic E-state index is 13.5. The van der Waals surface area contributed by atoms with Gasteiger partial charge in [-0.15, -0.1) is 0 Å². The van der Waals surface area contributed by atoms with E-state index in [1.165, 1.54) is 5.56 Å². The molecule has 0 unspecified atom stereocenters.